The zero-order valence-corrected chi connectivity index (χ0v) is 12.5. The van der Waals surface area contributed by atoms with Gasteiger partial charge in [0.15, 0.2) is 0 Å². The smallest absolute Gasteiger partial charge is 0.114 e. The highest BCUT2D eigenvalue weighted by Crippen LogP contribution is 2.25. The lowest BCUT2D eigenvalue weighted by Crippen LogP contribution is -2.46. The van der Waals surface area contributed by atoms with Crippen molar-refractivity contribution in [2.45, 2.75) is 50.5 Å². The maximum Gasteiger partial charge on any atom is 0.114 e. The quantitative estimate of drug-likeness (QED) is 0.535. The van der Waals surface area contributed by atoms with Crippen LogP contribution in [-0.4, -0.2) is 29.5 Å². The number of rotatable bonds is 9. The standard InChI is InChI=1S/C14H25NO2S/c1-4-8-15-14(3,11-16)7-5-10-18-13-6-9-17-12(13)2/h6,9,15-16H,4-5,7-8,10-11H2,1-3H3. The van der Waals surface area contributed by atoms with Gasteiger partial charge >= 0.3 is 0 Å². The summed E-state index contributed by atoms with van der Waals surface area (Å²) in [6.07, 6.45) is 4.91. The lowest BCUT2D eigenvalue weighted by molar-refractivity contribution is 0.165. The molecule has 0 amide bonds. The molecule has 0 aliphatic rings. The molecule has 4 heteroatoms. The third-order valence-corrected chi connectivity index (χ3v) is 4.32. The molecule has 3 nitrogen and oxygen atoms in total. The van der Waals surface area contributed by atoms with Crippen LogP contribution in [0.5, 0.6) is 0 Å². The number of aryl methyl sites for hydroxylation is 1. The average molecular weight is 271 g/mol. The molecule has 104 valence electrons. The second-order valence-corrected chi connectivity index (χ2v) is 6.08. The van der Waals surface area contributed by atoms with Gasteiger partial charge in [-0.15, -0.1) is 11.8 Å². The summed E-state index contributed by atoms with van der Waals surface area (Å²) in [7, 11) is 0. The van der Waals surface area contributed by atoms with Crippen molar-refractivity contribution in [3.63, 3.8) is 0 Å². The van der Waals surface area contributed by atoms with E-state index in [-0.39, 0.29) is 12.1 Å². The number of thioether (sulfide) groups is 1. The van der Waals surface area contributed by atoms with Gasteiger partial charge in [0.2, 0.25) is 0 Å². The predicted octanol–water partition coefficient (Wildman–Crippen LogP) is 3.21. The van der Waals surface area contributed by atoms with Crippen LogP contribution in [0.1, 0.15) is 38.9 Å². The fourth-order valence-electron chi connectivity index (χ4n) is 1.82. The summed E-state index contributed by atoms with van der Waals surface area (Å²) in [5, 5.41) is 12.9. The zero-order valence-electron chi connectivity index (χ0n) is 11.7. The van der Waals surface area contributed by atoms with Crippen LogP contribution in [0.4, 0.5) is 0 Å². The Kier molecular flexibility index (Phi) is 6.82. The molecule has 0 radical (unpaired) electrons. The molecule has 0 bridgehead atoms. The number of hydrogen-bond acceptors (Lipinski definition) is 4. The molecule has 0 saturated heterocycles. The van der Waals surface area contributed by atoms with Crippen molar-refractivity contribution in [1.82, 2.24) is 5.32 Å². The van der Waals surface area contributed by atoms with E-state index in [1.807, 2.05) is 24.8 Å². The van der Waals surface area contributed by atoms with E-state index < -0.39 is 0 Å². The van der Waals surface area contributed by atoms with Gasteiger partial charge in [0.1, 0.15) is 5.76 Å². The Labute approximate surface area is 114 Å². The Bertz CT molecular complexity index is 340. The van der Waals surface area contributed by atoms with E-state index in [0.717, 1.165) is 37.3 Å². The van der Waals surface area contributed by atoms with Gasteiger partial charge in [0, 0.05) is 10.4 Å². The molecule has 1 aromatic rings. The molecule has 0 aliphatic carbocycles. The molecule has 1 rings (SSSR count). The summed E-state index contributed by atoms with van der Waals surface area (Å²) >= 11 is 1.83. The van der Waals surface area contributed by atoms with Crippen molar-refractivity contribution in [2.75, 3.05) is 18.9 Å². The summed E-state index contributed by atoms with van der Waals surface area (Å²) < 4.78 is 5.26. The van der Waals surface area contributed by atoms with Gasteiger partial charge in [-0.3, -0.25) is 0 Å². The lowest BCUT2D eigenvalue weighted by Gasteiger charge is -2.28. The largest absolute Gasteiger partial charge is 0.468 e. The fourth-order valence-corrected chi connectivity index (χ4v) is 2.73. The van der Waals surface area contributed by atoms with Gasteiger partial charge in [0.05, 0.1) is 12.9 Å². The molecule has 18 heavy (non-hydrogen) atoms. The normalized spacial score (nSPS) is 14.7. The van der Waals surface area contributed by atoms with Gasteiger partial charge in [-0.1, -0.05) is 6.92 Å². The van der Waals surface area contributed by atoms with Gasteiger partial charge in [-0.05, 0) is 51.5 Å². The Morgan fingerprint density at radius 3 is 2.83 bits per heavy atom. The molecule has 0 aromatic carbocycles. The maximum atomic E-state index is 9.46. The van der Waals surface area contributed by atoms with Gasteiger partial charge in [-0.25, -0.2) is 0 Å². The van der Waals surface area contributed by atoms with E-state index >= 15 is 0 Å². The monoisotopic (exact) mass is 271 g/mol. The summed E-state index contributed by atoms with van der Waals surface area (Å²) in [5.41, 5.74) is -0.137. The number of aliphatic hydroxyl groups excluding tert-OH is 1. The first-order valence-corrected chi connectivity index (χ1v) is 7.62. The van der Waals surface area contributed by atoms with Crippen LogP contribution in [0.2, 0.25) is 0 Å². The van der Waals surface area contributed by atoms with E-state index in [2.05, 4.69) is 19.2 Å². The molecular formula is C14H25NO2S. The van der Waals surface area contributed by atoms with Crippen molar-refractivity contribution in [2.24, 2.45) is 0 Å². The van der Waals surface area contributed by atoms with E-state index in [9.17, 15) is 5.11 Å². The minimum atomic E-state index is -0.137. The van der Waals surface area contributed by atoms with Crippen molar-refractivity contribution in [3.8, 4) is 0 Å². The molecule has 0 fully saturated rings. The van der Waals surface area contributed by atoms with E-state index in [1.165, 1.54) is 4.90 Å². The van der Waals surface area contributed by atoms with Gasteiger partial charge in [0.25, 0.3) is 0 Å². The van der Waals surface area contributed by atoms with E-state index in [0.29, 0.717) is 0 Å². The van der Waals surface area contributed by atoms with Crippen LogP contribution < -0.4 is 5.32 Å². The Hall–Kier alpha value is -0.450. The summed E-state index contributed by atoms with van der Waals surface area (Å²) in [6.45, 7) is 7.38. The topological polar surface area (TPSA) is 45.4 Å². The maximum absolute atomic E-state index is 9.46. The molecule has 1 atom stereocenters. The first-order valence-electron chi connectivity index (χ1n) is 6.64. The van der Waals surface area contributed by atoms with Crippen LogP contribution in [0.3, 0.4) is 0 Å². The van der Waals surface area contributed by atoms with Gasteiger partial charge in [-0.2, -0.15) is 0 Å². The summed E-state index contributed by atoms with van der Waals surface area (Å²) in [4.78, 5) is 1.22. The van der Waals surface area contributed by atoms with Crippen molar-refractivity contribution >= 4 is 11.8 Å². The van der Waals surface area contributed by atoms with Crippen LogP contribution in [-0.2, 0) is 0 Å². The van der Waals surface area contributed by atoms with E-state index in [1.54, 1.807) is 6.26 Å². The predicted molar refractivity (Wildman–Crippen MR) is 77.2 cm³/mol. The minimum Gasteiger partial charge on any atom is -0.468 e. The number of aliphatic hydroxyl groups is 1. The molecule has 0 spiro atoms. The second kappa shape index (κ2) is 7.87. The highest BCUT2D eigenvalue weighted by Gasteiger charge is 2.21. The third-order valence-electron chi connectivity index (χ3n) is 3.09. The molecule has 1 heterocycles. The average Bonchev–Trinajstić information content (AvgIpc) is 2.78. The van der Waals surface area contributed by atoms with Crippen LogP contribution in [0.25, 0.3) is 0 Å². The molecular weight excluding hydrogens is 246 g/mol. The van der Waals surface area contributed by atoms with Crippen LogP contribution in [0.15, 0.2) is 21.6 Å². The summed E-state index contributed by atoms with van der Waals surface area (Å²) in [6, 6.07) is 2.01. The number of hydrogen-bond donors (Lipinski definition) is 2. The SMILES string of the molecule is CCCNC(C)(CO)CCCSc1ccoc1C. The zero-order chi connectivity index (χ0) is 13.4. The first-order chi connectivity index (χ1) is 8.61. The second-order valence-electron chi connectivity index (χ2n) is 4.94. The van der Waals surface area contributed by atoms with Gasteiger partial charge < -0.3 is 14.8 Å². The summed E-state index contributed by atoms with van der Waals surface area (Å²) in [5.74, 6) is 2.05. The molecule has 1 aromatic heterocycles. The molecule has 0 saturated carbocycles. The van der Waals surface area contributed by atoms with Crippen molar-refractivity contribution in [1.29, 1.82) is 0 Å². The fraction of sp³-hybridized carbons (Fsp3) is 0.714. The molecule has 0 aliphatic heterocycles. The Balaban J connectivity index is 2.25. The van der Waals surface area contributed by atoms with Crippen molar-refractivity contribution in [3.05, 3.63) is 18.1 Å². The number of furan rings is 1. The highest BCUT2D eigenvalue weighted by molar-refractivity contribution is 7.99. The van der Waals surface area contributed by atoms with Crippen molar-refractivity contribution < 1.29 is 9.52 Å². The number of nitrogens with one attached hydrogen (secondary N) is 1. The Morgan fingerprint density at radius 1 is 1.50 bits per heavy atom. The van der Waals surface area contributed by atoms with Crippen LogP contribution >= 0.6 is 11.8 Å². The lowest BCUT2D eigenvalue weighted by atomic mass is 9.97. The van der Waals surface area contributed by atoms with E-state index in [4.69, 9.17) is 4.42 Å². The first kappa shape index (κ1) is 15.6. The third kappa shape index (κ3) is 5.04. The van der Waals surface area contributed by atoms with Crippen LogP contribution in [0, 0.1) is 6.92 Å². The Morgan fingerprint density at radius 2 is 2.28 bits per heavy atom. The minimum absolute atomic E-state index is 0.137. The molecule has 1 unspecified atom stereocenters. The molecule has 2 N–H and O–H groups in total. The highest BCUT2D eigenvalue weighted by atomic mass is 32.2.